The first-order valence-corrected chi connectivity index (χ1v) is 6.66. The Bertz CT molecular complexity index is 567. The average Bonchev–Trinajstić information content (AvgIpc) is 2.93. The van der Waals surface area contributed by atoms with Gasteiger partial charge in [0.05, 0.1) is 16.9 Å². The van der Waals surface area contributed by atoms with Crippen molar-refractivity contribution in [2.75, 3.05) is 0 Å². The fourth-order valence-electron chi connectivity index (χ4n) is 2.31. The van der Waals surface area contributed by atoms with Crippen molar-refractivity contribution in [3.8, 4) is 0 Å². The minimum absolute atomic E-state index is 0.470. The Balaban J connectivity index is 2.14. The molecule has 3 rings (SSSR count). The molecule has 90 valence electrons. The molecule has 2 aromatic rings. The molecule has 2 nitrogen and oxygen atoms in total. The monoisotopic (exact) mass is 248 g/mol. The summed E-state index contributed by atoms with van der Waals surface area (Å²) < 4.78 is 2.31. The van der Waals surface area contributed by atoms with Gasteiger partial charge in [0, 0.05) is 6.54 Å². The van der Waals surface area contributed by atoms with Gasteiger partial charge in [0.15, 0.2) is 0 Å². The van der Waals surface area contributed by atoms with Gasteiger partial charge >= 0.3 is 0 Å². The lowest BCUT2D eigenvalue weighted by atomic mass is 10.1. The number of fused-ring (bicyclic) bond motifs is 1. The molecule has 0 amide bonds. The lowest BCUT2D eigenvalue weighted by Gasteiger charge is -2.13. The van der Waals surface area contributed by atoms with E-state index in [1.807, 2.05) is 0 Å². The largest absolute Gasteiger partial charge is 0.326 e. The Morgan fingerprint density at radius 1 is 1.41 bits per heavy atom. The molecule has 1 aliphatic rings. The number of nitrogens with zero attached hydrogens (tertiary/aromatic N) is 2. The van der Waals surface area contributed by atoms with Gasteiger partial charge < -0.3 is 4.57 Å². The number of hydrogen-bond donors (Lipinski definition) is 0. The minimum atomic E-state index is 0.470. The number of aromatic nitrogens is 2. The lowest BCUT2D eigenvalue weighted by Crippen LogP contribution is -2.10. The summed E-state index contributed by atoms with van der Waals surface area (Å²) in [4.78, 5) is 4.62. The van der Waals surface area contributed by atoms with Crippen molar-refractivity contribution in [1.82, 2.24) is 9.55 Å². The Hall–Kier alpha value is -1.02. The Morgan fingerprint density at radius 3 is 2.82 bits per heavy atom. The van der Waals surface area contributed by atoms with E-state index in [2.05, 4.69) is 41.6 Å². The summed E-state index contributed by atoms with van der Waals surface area (Å²) in [5.74, 6) is 1.49. The summed E-state index contributed by atoms with van der Waals surface area (Å²) >= 11 is 6.01. The number of benzene rings is 1. The third-order valence-corrected chi connectivity index (χ3v) is 3.98. The van der Waals surface area contributed by atoms with Crippen LogP contribution in [0.5, 0.6) is 0 Å². The highest BCUT2D eigenvalue weighted by Crippen LogP contribution is 2.47. The predicted molar refractivity (Wildman–Crippen MR) is 71.4 cm³/mol. The summed E-state index contributed by atoms with van der Waals surface area (Å²) in [5, 5.41) is 0. The van der Waals surface area contributed by atoms with Gasteiger partial charge in [-0.2, -0.15) is 0 Å². The molecule has 0 saturated heterocycles. The topological polar surface area (TPSA) is 17.8 Å². The maximum Gasteiger partial charge on any atom is 0.124 e. The third kappa shape index (κ3) is 1.95. The molecule has 17 heavy (non-hydrogen) atoms. The Kier molecular flexibility index (Phi) is 2.44. The summed E-state index contributed by atoms with van der Waals surface area (Å²) in [5.41, 5.74) is 4.04. The van der Waals surface area contributed by atoms with Gasteiger partial charge in [0.2, 0.25) is 0 Å². The van der Waals surface area contributed by atoms with Crippen LogP contribution in [0.3, 0.4) is 0 Å². The molecular formula is C14H17ClN2. The molecule has 1 saturated carbocycles. The highest BCUT2D eigenvalue weighted by Gasteiger charge is 2.38. The molecule has 0 aliphatic heterocycles. The van der Waals surface area contributed by atoms with Crippen LogP contribution in [0.25, 0.3) is 11.0 Å². The van der Waals surface area contributed by atoms with Crippen molar-refractivity contribution >= 4 is 22.6 Å². The van der Waals surface area contributed by atoms with Crippen LogP contribution in [-0.2, 0) is 12.4 Å². The molecule has 0 N–H and O–H groups in total. The molecule has 0 bridgehead atoms. The van der Waals surface area contributed by atoms with Crippen LogP contribution in [0, 0.1) is 12.3 Å². The van der Waals surface area contributed by atoms with E-state index in [-0.39, 0.29) is 0 Å². The number of aryl methyl sites for hydroxylation is 1. The smallest absolute Gasteiger partial charge is 0.124 e. The molecule has 1 fully saturated rings. The van der Waals surface area contributed by atoms with Crippen LogP contribution in [0.4, 0.5) is 0 Å². The van der Waals surface area contributed by atoms with E-state index in [0.29, 0.717) is 11.3 Å². The zero-order valence-electron chi connectivity index (χ0n) is 10.3. The van der Waals surface area contributed by atoms with Gasteiger partial charge in [-0.3, -0.25) is 0 Å². The van der Waals surface area contributed by atoms with Gasteiger partial charge in [-0.1, -0.05) is 13.0 Å². The van der Waals surface area contributed by atoms with E-state index in [1.165, 1.54) is 23.9 Å². The molecule has 1 aliphatic carbocycles. The van der Waals surface area contributed by atoms with E-state index in [1.54, 1.807) is 0 Å². The molecule has 1 aromatic carbocycles. The van der Waals surface area contributed by atoms with Crippen LogP contribution >= 0.6 is 11.6 Å². The van der Waals surface area contributed by atoms with Crippen molar-refractivity contribution < 1.29 is 0 Å². The molecule has 0 spiro atoms. The number of rotatable bonds is 3. The second kappa shape index (κ2) is 3.74. The van der Waals surface area contributed by atoms with E-state index >= 15 is 0 Å². The maximum absolute atomic E-state index is 6.01. The van der Waals surface area contributed by atoms with Crippen LogP contribution in [0.15, 0.2) is 18.2 Å². The number of halogens is 1. The first-order chi connectivity index (χ1) is 8.11. The first kappa shape index (κ1) is 11.1. The van der Waals surface area contributed by atoms with Crippen molar-refractivity contribution in [3.05, 3.63) is 29.6 Å². The minimum Gasteiger partial charge on any atom is -0.326 e. The predicted octanol–water partition coefficient (Wildman–Crippen LogP) is 3.88. The van der Waals surface area contributed by atoms with Crippen LogP contribution in [0.1, 0.15) is 31.2 Å². The van der Waals surface area contributed by atoms with Crippen molar-refractivity contribution in [2.45, 2.75) is 39.1 Å². The number of alkyl halides is 1. The molecule has 0 unspecified atom stereocenters. The normalized spacial score (nSPS) is 17.6. The van der Waals surface area contributed by atoms with E-state index in [4.69, 9.17) is 11.6 Å². The van der Waals surface area contributed by atoms with Gasteiger partial charge in [0.25, 0.3) is 0 Å². The van der Waals surface area contributed by atoms with Gasteiger partial charge in [-0.15, -0.1) is 11.6 Å². The lowest BCUT2D eigenvalue weighted by molar-refractivity contribution is 0.465. The highest BCUT2D eigenvalue weighted by atomic mass is 35.5. The quantitative estimate of drug-likeness (QED) is 0.754. The molecule has 1 heterocycles. The van der Waals surface area contributed by atoms with Crippen LogP contribution in [0.2, 0.25) is 0 Å². The van der Waals surface area contributed by atoms with Crippen molar-refractivity contribution in [2.24, 2.45) is 5.41 Å². The highest BCUT2D eigenvalue weighted by molar-refractivity contribution is 6.16. The fourth-order valence-corrected chi connectivity index (χ4v) is 2.52. The Labute approximate surface area is 107 Å². The molecule has 1 aromatic heterocycles. The zero-order chi connectivity index (χ0) is 12.0. The van der Waals surface area contributed by atoms with Crippen LogP contribution in [-0.4, -0.2) is 9.55 Å². The van der Waals surface area contributed by atoms with E-state index in [9.17, 15) is 0 Å². The summed E-state index contributed by atoms with van der Waals surface area (Å²) in [7, 11) is 0. The third-order valence-electron chi connectivity index (χ3n) is 3.75. The SMILES string of the molecule is Cc1ccc2nc(CCl)n(CC3(C)CC3)c2c1. The second-order valence-corrected chi connectivity index (χ2v) is 5.82. The number of hydrogen-bond acceptors (Lipinski definition) is 1. The standard InChI is InChI=1S/C14H17ClN2/c1-10-3-4-11-12(7-10)17(13(8-15)16-11)9-14(2)5-6-14/h3-4,7H,5-6,8-9H2,1-2H3. The van der Waals surface area contributed by atoms with Crippen LogP contribution < -0.4 is 0 Å². The zero-order valence-corrected chi connectivity index (χ0v) is 11.1. The average molecular weight is 249 g/mol. The van der Waals surface area contributed by atoms with Crippen molar-refractivity contribution in [1.29, 1.82) is 0 Å². The Morgan fingerprint density at radius 2 is 2.18 bits per heavy atom. The summed E-state index contributed by atoms with van der Waals surface area (Å²) in [6.07, 6.45) is 2.64. The fraction of sp³-hybridized carbons (Fsp3) is 0.500. The molecular weight excluding hydrogens is 232 g/mol. The van der Waals surface area contributed by atoms with E-state index < -0.39 is 0 Å². The first-order valence-electron chi connectivity index (χ1n) is 6.13. The second-order valence-electron chi connectivity index (χ2n) is 5.55. The van der Waals surface area contributed by atoms with Gasteiger partial charge in [0.1, 0.15) is 5.82 Å². The number of imidazole rings is 1. The maximum atomic E-state index is 6.01. The van der Waals surface area contributed by atoms with Crippen molar-refractivity contribution in [3.63, 3.8) is 0 Å². The molecule has 0 atom stereocenters. The summed E-state index contributed by atoms with van der Waals surface area (Å²) in [6, 6.07) is 6.41. The van der Waals surface area contributed by atoms with E-state index in [0.717, 1.165) is 17.9 Å². The molecule has 3 heteroatoms. The summed E-state index contributed by atoms with van der Waals surface area (Å²) in [6.45, 7) is 5.51. The van der Waals surface area contributed by atoms with Gasteiger partial charge in [-0.25, -0.2) is 4.98 Å². The molecule has 0 radical (unpaired) electrons. The van der Waals surface area contributed by atoms with Gasteiger partial charge in [-0.05, 0) is 42.9 Å².